The smallest absolute Gasteiger partial charge is 0.289 e. The zero-order chi connectivity index (χ0) is 15.6. The van der Waals surface area contributed by atoms with E-state index in [0.29, 0.717) is 17.0 Å². The summed E-state index contributed by atoms with van der Waals surface area (Å²) >= 11 is 0. The number of rotatable bonds is 3. The zero-order valence-electron chi connectivity index (χ0n) is 13.3. The van der Waals surface area contributed by atoms with Gasteiger partial charge < -0.3 is 0 Å². The maximum absolute atomic E-state index is 12.1. The molecule has 0 saturated heterocycles. The van der Waals surface area contributed by atoms with E-state index in [1.54, 1.807) is 10.8 Å². The predicted octanol–water partition coefficient (Wildman–Crippen LogP) is 2.71. The van der Waals surface area contributed by atoms with Crippen LogP contribution in [0.5, 0.6) is 0 Å². The first-order valence-corrected chi connectivity index (χ1v) is 10.9. The molecule has 1 N–H and O–H groups in total. The van der Waals surface area contributed by atoms with Gasteiger partial charge in [-0.25, -0.2) is 14.8 Å². The normalized spacial score (nSPS) is 11.7. The molecule has 0 radical (unpaired) electrons. The van der Waals surface area contributed by atoms with E-state index in [9.17, 15) is 4.79 Å². The molecular formula is C15H22N4OSi. The number of imidazole rings is 1. The van der Waals surface area contributed by atoms with Gasteiger partial charge >= 0.3 is 5.69 Å². The molecule has 0 aliphatic carbocycles. The van der Waals surface area contributed by atoms with E-state index in [-0.39, 0.29) is 11.7 Å². The first kappa shape index (κ1) is 15.5. The minimum absolute atomic E-state index is 0.144. The molecule has 0 amide bonds. The van der Waals surface area contributed by atoms with Crippen molar-refractivity contribution in [3.63, 3.8) is 0 Å². The number of aromatic nitrogens is 4. The molecule has 0 saturated carbocycles. The molecule has 112 valence electrons. The van der Waals surface area contributed by atoms with Gasteiger partial charge in [0.05, 0.1) is 6.20 Å². The molecule has 0 atom stereocenters. The summed E-state index contributed by atoms with van der Waals surface area (Å²) in [5, 5.41) is 0. The maximum Gasteiger partial charge on any atom is 0.329 e. The third-order valence-electron chi connectivity index (χ3n) is 3.30. The first-order valence-electron chi connectivity index (χ1n) is 7.36. The van der Waals surface area contributed by atoms with Crippen molar-refractivity contribution in [1.82, 2.24) is 19.5 Å². The third kappa shape index (κ3) is 3.42. The Balaban J connectivity index is 2.52. The summed E-state index contributed by atoms with van der Waals surface area (Å²) < 4.78 is 1.71. The average molecular weight is 302 g/mol. The van der Waals surface area contributed by atoms with Crippen molar-refractivity contribution in [2.75, 3.05) is 0 Å². The highest BCUT2D eigenvalue weighted by molar-refractivity contribution is 6.83. The Hall–Kier alpha value is -1.87. The van der Waals surface area contributed by atoms with E-state index in [0.717, 1.165) is 12.8 Å². The van der Waals surface area contributed by atoms with Crippen molar-refractivity contribution < 1.29 is 0 Å². The maximum atomic E-state index is 12.1. The summed E-state index contributed by atoms with van der Waals surface area (Å²) in [5.41, 5.74) is 4.87. The SMILES string of the molecule is CCC(CC)n1c(=O)[nH]c2nc(C#C[Si](C)(C)C)cnc21. The van der Waals surface area contributed by atoms with E-state index < -0.39 is 8.07 Å². The van der Waals surface area contributed by atoms with E-state index in [4.69, 9.17) is 0 Å². The molecule has 5 nitrogen and oxygen atoms in total. The van der Waals surface area contributed by atoms with Gasteiger partial charge in [-0.05, 0) is 12.8 Å². The van der Waals surface area contributed by atoms with Crippen LogP contribution >= 0.6 is 0 Å². The standard InChI is InChI=1S/C15H22N4OSi/c1-6-12(7-2)19-14-13(18-15(19)20)17-11(10-16-14)8-9-21(3,4)5/h10,12H,6-7H2,1-5H3,(H,17,18,20). The molecule has 0 spiro atoms. The van der Waals surface area contributed by atoms with Crippen LogP contribution in [0.3, 0.4) is 0 Å². The van der Waals surface area contributed by atoms with Crippen molar-refractivity contribution in [3.05, 3.63) is 22.4 Å². The number of hydrogen-bond donors (Lipinski definition) is 1. The summed E-state index contributed by atoms with van der Waals surface area (Å²) in [4.78, 5) is 23.7. The summed E-state index contributed by atoms with van der Waals surface area (Å²) in [6.07, 6.45) is 3.44. The number of hydrogen-bond acceptors (Lipinski definition) is 3. The number of fused-ring (bicyclic) bond motifs is 1. The fraction of sp³-hybridized carbons (Fsp3) is 0.533. The molecule has 0 aromatic carbocycles. The van der Waals surface area contributed by atoms with Gasteiger partial charge in [0.2, 0.25) is 0 Å². The molecule has 0 aliphatic rings. The number of H-pyrrole nitrogens is 1. The van der Waals surface area contributed by atoms with Crippen LogP contribution in [0.4, 0.5) is 0 Å². The van der Waals surface area contributed by atoms with Gasteiger partial charge in [0.15, 0.2) is 11.3 Å². The van der Waals surface area contributed by atoms with Crippen LogP contribution in [0.1, 0.15) is 38.4 Å². The minimum Gasteiger partial charge on any atom is -0.289 e. The van der Waals surface area contributed by atoms with Crippen molar-refractivity contribution in [1.29, 1.82) is 0 Å². The minimum atomic E-state index is -1.45. The average Bonchev–Trinajstić information content (AvgIpc) is 2.73. The molecule has 0 bridgehead atoms. The first-order chi connectivity index (χ1) is 9.85. The lowest BCUT2D eigenvalue weighted by atomic mass is 10.2. The molecule has 0 aliphatic heterocycles. The van der Waals surface area contributed by atoms with Crippen molar-refractivity contribution in [3.8, 4) is 11.5 Å². The summed E-state index contributed by atoms with van der Waals surface area (Å²) in [6.45, 7) is 10.7. The van der Waals surface area contributed by atoms with Crippen molar-refractivity contribution >= 4 is 19.4 Å². The van der Waals surface area contributed by atoms with Gasteiger partial charge in [0.25, 0.3) is 0 Å². The van der Waals surface area contributed by atoms with Crippen molar-refractivity contribution in [2.24, 2.45) is 0 Å². The van der Waals surface area contributed by atoms with Gasteiger partial charge in [0.1, 0.15) is 13.8 Å². The van der Waals surface area contributed by atoms with Gasteiger partial charge in [-0.1, -0.05) is 39.4 Å². The lowest BCUT2D eigenvalue weighted by Crippen LogP contribution is -2.21. The van der Waals surface area contributed by atoms with Crippen LogP contribution < -0.4 is 5.69 Å². The third-order valence-corrected chi connectivity index (χ3v) is 4.17. The Morgan fingerprint density at radius 2 is 2.00 bits per heavy atom. The molecule has 2 rings (SSSR count). The summed E-state index contributed by atoms with van der Waals surface area (Å²) in [6, 6.07) is 0.152. The van der Waals surface area contributed by atoms with Crippen LogP contribution in [0.25, 0.3) is 11.3 Å². The number of nitrogens with zero attached hydrogens (tertiary/aromatic N) is 3. The molecule has 0 unspecified atom stereocenters. The van der Waals surface area contributed by atoms with E-state index >= 15 is 0 Å². The molecule has 2 aromatic rings. The van der Waals surface area contributed by atoms with Crippen molar-refractivity contribution in [2.45, 2.75) is 52.4 Å². The van der Waals surface area contributed by atoms with Crippen LogP contribution in [0.15, 0.2) is 11.0 Å². The largest absolute Gasteiger partial charge is 0.329 e. The van der Waals surface area contributed by atoms with E-state index in [2.05, 4.69) is 59.9 Å². The highest BCUT2D eigenvalue weighted by Gasteiger charge is 2.16. The fourth-order valence-corrected chi connectivity index (χ4v) is 2.71. The summed E-state index contributed by atoms with van der Waals surface area (Å²) in [5.74, 6) is 3.07. The Labute approximate surface area is 125 Å². The zero-order valence-corrected chi connectivity index (χ0v) is 14.3. The molecule has 2 heterocycles. The highest BCUT2D eigenvalue weighted by atomic mass is 28.3. The Morgan fingerprint density at radius 1 is 1.33 bits per heavy atom. The Kier molecular flexibility index (Phi) is 4.33. The van der Waals surface area contributed by atoms with Crippen LogP contribution in [0.2, 0.25) is 19.6 Å². The second-order valence-electron chi connectivity index (χ2n) is 6.20. The molecule has 6 heteroatoms. The van der Waals surface area contributed by atoms with Gasteiger partial charge in [-0.3, -0.25) is 9.55 Å². The Morgan fingerprint density at radius 3 is 2.57 bits per heavy atom. The quantitative estimate of drug-likeness (QED) is 0.700. The van der Waals surface area contributed by atoms with Crippen LogP contribution in [-0.4, -0.2) is 27.6 Å². The van der Waals surface area contributed by atoms with Gasteiger partial charge in [-0.2, -0.15) is 0 Å². The second-order valence-corrected chi connectivity index (χ2v) is 10.9. The van der Waals surface area contributed by atoms with E-state index in [1.807, 2.05) is 0 Å². The number of aromatic amines is 1. The molecule has 0 fully saturated rings. The molecular weight excluding hydrogens is 280 g/mol. The lowest BCUT2D eigenvalue weighted by molar-refractivity contribution is 0.469. The molecule has 21 heavy (non-hydrogen) atoms. The number of nitrogens with one attached hydrogen (secondary N) is 1. The van der Waals surface area contributed by atoms with Crippen LogP contribution in [-0.2, 0) is 0 Å². The second kappa shape index (κ2) is 5.86. The predicted molar refractivity (Wildman–Crippen MR) is 88.0 cm³/mol. The van der Waals surface area contributed by atoms with Crippen LogP contribution in [0, 0.1) is 11.5 Å². The Bertz CT molecular complexity index is 754. The monoisotopic (exact) mass is 302 g/mol. The van der Waals surface area contributed by atoms with Gasteiger partial charge in [-0.15, -0.1) is 5.54 Å². The topological polar surface area (TPSA) is 63.6 Å². The van der Waals surface area contributed by atoms with E-state index in [1.165, 1.54) is 0 Å². The fourth-order valence-electron chi connectivity index (χ4n) is 2.20. The lowest BCUT2D eigenvalue weighted by Gasteiger charge is -2.13. The van der Waals surface area contributed by atoms with Gasteiger partial charge in [0, 0.05) is 6.04 Å². The molecule has 2 aromatic heterocycles. The highest BCUT2D eigenvalue weighted by Crippen LogP contribution is 2.17. The summed E-state index contributed by atoms with van der Waals surface area (Å²) in [7, 11) is -1.45.